The molecule has 0 bridgehead atoms. The molecule has 0 unspecified atom stereocenters. The topological polar surface area (TPSA) is 110 Å². The van der Waals surface area contributed by atoms with Crippen molar-refractivity contribution in [1.82, 2.24) is 10.2 Å². The summed E-state index contributed by atoms with van der Waals surface area (Å²) in [4.78, 5) is 34.8. The van der Waals surface area contributed by atoms with Crippen LogP contribution in [-0.4, -0.2) is 41.5 Å². The fourth-order valence-electron chi connectivity index (χ4n) is 0.936. The van der Waals surface area contributed by atoms with Crippen molar-refractivity contribution in [2.45, 2.75) is 20.3 Å². The van der Waals surface area contributed by atoms with Gasteiger partial charge in [0.05, 0.1) is 12.5 Å². The summed E-state index contributed by atoms with van der Waals surface area (Å²) >= 11 is 0. The van der Waals surface area contributed by atoms with E-state index in [9.17, 15) is 14.4 Å². The van der Waals surface area contributed by atoms with E-state index in [0.717, 1.165) is 0 Å². The van der Waals surface area contributed by atoms with E-state index in [0.29, 0.717) is 0 Å². The second-order valence-electron chi connectivity index (χ2n) is 3.64. The van der Waals surface area contributed by atoms with Crippen LogP contribution in [0.2, 0.25) is 0 Å². The van der Waals surface area contributed by atoms with Crippen LogP contribution in [0.5, 0.6) is 0 Å². The third-order valence-corrected chi connectivity index (χ3v) is 2.35. The van der Waals surface area contributed by atoms with Gasteiger partial charge in [-0.05, 0) is 13.8 Å². The molecule has 0 rings (SSSR count). The van der Waals surface area contributed by atoms with E-state index in [1.165, 1.54) is 25.8 Å². The third-order valence-electron chi connectivity index (χ3n) is 2.35. The van der Waals surface area contributed by atoms with Crippen molar-refractivity contribution >= 4 is 17.9 Å². The number of imide groups is 1. The Labute approximate surface area is 105 Å². The van der Waals surface area contributed by atoms with Gasteiger partial charge in [0.25, 0.3) is 5.91 Å². The van der Waals surface area contributed by atoms with Gasteiger partial charge in [-0.25, -0.2) is 9.59 Å². The maximum Gasteiger partial charge on any atom is 0.331 e. The maximum absolute atomic E-state index is 11.5. The van der Waals surface area contributed by atoms with Crippen molar-refractivity contribution in [2.75, 3.05) is 13.6 Å². The number of carbonyl (C=O) groups excluding carboxylic acids is 2. The van der Waals surface area contributed by atoms with Crippen LogP contribution in [-0.2, 0) is 9.59 Å². The van der Waals surface area contributed by atoms with Crippen LogP contribution >= 0.6 is 0 Å². The number of carboxylic acids is 1. The molecule has 0 aliphatic carbocycles. The molecule has 0 aliphatic heterocycles. The average Bonchev–Trinajstić information content (AvgIpc) is 2.33. The number of nitriles is 1. The smallest absolute Gasteiger partial charge is 0.331 e. The number of hydrogen-bond acceptors (Lipinski definition) is 4. The van der Waals surface area contributed by atoms with E-state index in [1.807, 2.05) is 11.4 Å². The molecule has 0 aromatic heterocycles. The molecule has 0 heterocycles. The fourth-order valence-corrected chi connectivity index (χ4v) is 0.936. The van der Waals surface area contributed by atoms with Crippen LogP contribution in [0.1, 0.15) is 20.3 Å². The second kappa shape index (κ2) is 7.06. The molecule has 0 fully saturated rings. The second-order valence-corrected chi connectivity index (χ2v) is 3.64. The maximum atomic E-state index is 11.5. The standard InChI is InChI=1S/C11H15N3O4/c1-7(8(2)10(16)17)9(15)13-11(18)14(3)6-4-5-12/h4,6H2,1-3H3,(H,16,17)(H,13,15,18)/b8-7-. The lowest BCUT2D eigenvalue weighted by Gasteiger charge is -2.15. The molecule has 0 atom stereocenters. The highest BCUT2D eigenvalue weighted by atomic mass is 16.4. The van der Waals surface area contributed by atoms with Crippen molar-refractivity contribution in [1.29, 1.82) is 5.26 Å². The Hall–Kier alpha value is -2.36. The van der Waals surface area contributed by atoms with E-state index in [2.05, 4.69) is 0 Å². The fraction of sp³-hybridized carbons (Fsp3) is 0.455. The molecule has 2 N–H and O–H groups in total. The highest BCUT2D eigenvalue weighted by molar-refractivity contribution is 6.07. The minimum absolute atomic E-state index is 0.0375. The van der Waals surface area contributed by atoms with Crippen LogP contribution in [0, 0.1) is 11.3 Å². The predicted octanol–water partition coefficient (Wildman–Crippen LogP) is 0.489. The van der Waals surface area contributed by atoms with Gasteiger partial charge in [-0.1, -0.05) is 0 Å². The third kappa shape index (κ3) is 4.65. The number of nitrogens with zero attached hydrogens (tertiary/aromatic N) is 2. The molecule has 0 aromatic carbocycles. The largest absolute Gasteiger partial charge is 0.478 e. The Morgan fingerprint density at radius 1 is 1.28 bits per heavy atom. The lowest BCUT2D eigenvalue weighted by molar-refractivity contribution is -0.133. The molecule has 3 amide bonds. The summed E-state index contributed by atoms with van der Waals surface area (Å²) in [5.41, 5.74) is -0.162. The molecule has 18 heavy (non-hydrogen) atoms. The summed E-state index contributed by atoms with van der Waals surface area (Å²) in [5.74, 6) is -1.98. The summed E-state index contributed by atoms with van der Waals surface area (Å²) in [6, 6.07) is 1.20. The Kier molecular flexibility index (Phi) is 6.14. The zero-order valence-electron chi connectivity index (χ0n) is 10.5. The van der Waals surface area contributed by atoms with Crippen LogP contribution in [0.3, 0.4) is 0 Å². The zero-order chi connectivity index (χ0) is 14.3. The minimum Gasteiger partial charge on any atom is -0.478 e. The number of nitrogens with one attached hydrogen (secondary N) is 1. The van der Waals surface area contributed by atoms with E-state index in [4.69, 9.17) is 10.4 Å². The number of aliphatic carboxylic acids is 1. The van der Waals surface area contributed by atoms with Gasteiger partial charge in [0.1, 0.15) is 0 Å². The predicted molar refractivity (Wildman–Crippen MR) is 62.4 cm³/mol. The lowest BCUT2D eigenvalue weighted by Crippen LogP contribution is -2.41. The first kappa shape index (κ1) is 15.6. The van der Waals surface area contributed by atoms with Crippen molar-refractivity contribution in [3.8, 4) is 6.07 Å². The van der Waals surface area contributed by atoms with Gasteiger partial charge in [-0.3, -0.25) is 10.1 Å². The monoisotopic (exact) mass is 253 g/mol. The molecule has 0 saturated carbocycles. The molecule has 0 radical (unpaired) electrons. The van der Waals surface area contributed by atoms with Crippen molar-refractivity contribution < 1.29 is 19.5 Å². The molecular weight excluding hydrogens is 238 g/mol. The SMILES string of the molecule is C/C(C(=O)O)=C(\C)C(=O)NC(=O)N(C)CCC#N. The van der Waals surface area contributed by atoms with Gasteiger partial charge in [-0.2, -0.15) is 5.26 Å². The Morgan fingerprint density at radius 2 is 1.83 bits per heavy atom. The van der Waals surface area contributed by atoms with Gasteiger partial charge in [0.15, 0.2) is 0 Å². The van der Waals surface area contributed by atoms with E-state index in [1.54, 1.807) is 0 Å². The van der Waals surface area contributed by atoms with Crippen molar-refractivity contribution in [2.24, 2.45) is 0 Å². The average molecular weight is 253 g/mol. The summed E-state index contributed by atoms with van der Waals surface area (Å²) < 4.78 is 0. The Bertz CT molecular complexity index is 434. The molecule has 0 spiro atoms. The first-order valence-corrected chi connectivity index (χ1v) is 5.15. The number of carboxylic acid groups (broad SMARTS) is 1. The molecule has 0 aliphatic rings. The highest BCUT2D eigenvalue weighted by Gasteiger charge is 2.17. The quantitative estimate of drug-likeness (QED) is 0.708. The number of carbonyl (C=O) groups is 3. The highest BCUT2D eigenvalue weighted by Crippen LogP contribution is 2.03. The van der Waals surface area contributed by atoms with Crippen molar-refractivity contribution in [3.63, 3.8) is 0 Å². The first-order chi connectivity index (χ1) is 8.31. The number of hydrogen-bond donors (Lipinski definition) is 2. The molecular formula is C11H15N3O4. The van der Waals surface area contributed by atoms with Gasteiger partial charge in [0, 0.05) is 24.7 Å². The normalized spacial score (nSPS) is 11.0. The van der Waals surface area contributed by atoms with Gasteiger partial charge in [0.2, 0.25) is 0 Å². The van der Waals surface area contributed by atoms with E-state index in [-0.39, 0.29) is 24.1 Å². The number of urea groups is 1. The summed E-state index contributed by atoms with van der Waals surface area (Å²) in [5, 5.41) is 19.1. The van der Waals surface area contributed by atoms with Gasteiger partial charge < -0.3 is 10.0 Å². The molecule has 0 aromatic rings. The summed E-state index contributed by atoms with van der Waals surface area (Å²) in [6.07, 6.45) is 0.154. The zero-order valence-corrected chi connectivity index (χ0v) is 10.5. The summed E-state index contributed by atoms with van der Waals surface area (Å²) in [6.45, 7) is 2.79. The van der Waals surface area contributed by atoms with Crippen LogP contribution < -0.4 is 5.32 Å². The number of rotatable bonds is 4. The lowest BCUT2D eigenvalue weighted by atomic mass is 10.1. The van der Waals surface area contributed by atoms with Crippen LogP contribution in [0.4, 0.5) is 4.79 Å². The Morgan fingerprint density at radius 3 is 2.28 bits per heavy atom. The Balaban J connectivity index is 4.59. The molecule has 7 nitrogen and oxygen atoms in total. The van der Waals surface area contributed by atoms with Crippen LogP contribution in [0.25, 0.3) is 0 Å². The molecule has 98 valence electrons. The van der Waals surface area contributed by atoms with Crippen LogP contribution in [0.15, 0.2) is 11.1 Å². The van der Waals surface area contributed by atoms with Gasteiger partial charge in [-0.15, -0.1) is 0 Å². The molecule has 0 saturated heterocycles. The first-order valence-electron chi connectivity index (χ1n) is 5.15. The van der Waals surface area contributed by atoms with Gasteiger partial charge >= 0.3 is 12.0 Å². The summed E-state index contributed by atoms with van der Waals surface area (Å²) in [7, 11) is 1.43. The van der Waals surface area contributed by atoms with E-state index >= 15 is 0 Å². The minimum atomic E-state index is -1.21. The van der Waals surface area contributed by atoms with E-state index < -0.39 is 17.9 Å². The number of amides is 3. The van der Waals surface area contributed by atoms with Crippen molar-refractivity contribution in [3.05, 3.63) is 11.1 Å². The molecule has 7 heteroatoms.